The van der Waals surface area contributed by atoms with Crippen molar-refractivity contribution in [2.75, 3.05) is 23.7 Å². The Bertz CT molecular complexity index is 1030. The van der Waals surface area contributed by atoms with Gasteiger partial charge in [-0.15, -0.1) is 0 Å². The molecule has 2 aromatic rings. The van der Waals surface area contributed by atoms with E-state index in [1.165, 1.54) is 11.8 Å². The zero-order valence-electron chi connectivity index (χ0n) is 17.5. The van der Waals surface area contributed by atoms with Crippen molar-refractivity contribution >= 4 is 27.5 Å². The average Bonchev–Trinajstić information content (AvgIpc) is 2.72. The van der Waals surface area contributed by atoms with Gasteiger partial charge in [0.05, 0.1) is 11.9 Å². The molecule has 0 radical (unpaired) electrons. The second-order valence-corrected chi connectivity index (χ2v) is 8.85. The molecule has 2 rings (SSSR count). The lowest BCUT2D eigenvalue weighted by Gasteiger charge is -2.31. The third-order valence-electron chi connectivity index (χ3n) is 4.58. The van der Waals surface area contributed by atoms with Crippen molar-refractivity contribution in [3.8, 4) is 0 Å². The Morgan fingerprint density at radius 3 is 2.26 bits per heavy atom. The Balaban J connectivity index is 2.38. The number of benzene rings is 2. The van der Waals surface area contributed by atoms with Crippen molar-refractivity contribution in [2.24, 2.45) is 0 Å². The van der Waals surface area contributed by atoms with E-state index in [0.29, 0.717) is 16.9 Å². The molecule has 0 fully saturated rings. The lowest BCUT2D eigenvalue weighted by Crippen LogP contribution is -2.51. The Morgan fingerprint density at radius 2 is 1.71 bits per heavy atom. The Labute approximate surface area is 180 Å². The number of likely N-dealkylation sites (N-methyl/N-ethyl adjacent to an activating group) is 1. The number of rotatable bonds is 9. The lowest BCUT2D eigenvalue weighted by atomic mass is 10.1. The van der Waals surface area contributed by atoms with E-state index >= 15 is 0 Å². The summed E-state index contributed by atoms with van der Waals surface area (Å²) in [5.74, 6) is -3.45. The highest BCUT2D eigenvalue weighted by Crippen LogP contribution is 2.21. The Kier molecular flexibility index (Phi) is 8.09. The maximum Gasteiger partial charge on any atom is 0.244 e. The molecule has 7 nitrogen and oxygen atoms in total. The van der Waals surface area contributed by atoms with E-state index in [-0.39, 0.29) is 12.2 Å². The van der Waals surface area contributed by atoms with Gasteiger partial charge in [0.2, 0.25) is 21.8 Å². The highest BCUT2D eigenvalue weighted by molar-refractivity contribution is 7.92. The summed E-state index contributed by atoms with van der Waals surface area (Å²) >= 11 is 0. The molecule has 10 heteroatoms. The first-order valence-corrected chi connectivity index (χ1v) is 11.4. The number of nitrogens with zero attached hydrogens (tertiary/aromatic N) is 2. The van der Waals surface area contributed by atoms with Crippen LogP contribution in [0.3, 0.4) is 0 Å². The molecule has 2 aromatic carbocycles. The third kappa shape index (κ3) is 6.48. The SMILES string of the molecule is CCNC(=O)C(C)N(Cc1ccccc1)C(=O)CN(c1ccc(F)c(F)c1)S(C)(=O)=O. The second kappa shape index (κ2) is 10.3. The van der Waals surface area contributed by atoms with Gasteiger partial charge in [-0.25, -0.2) is 17.2 Å². The molecule has 0 saturated carbocycles. The second-order valence-electron chi connectivity index (χ2n) is 6.95. The number of anilines is 1. The van der Waals surface area contributed by atoms with Gasteiger partial charge in [0, 0.05) is 19.2 Å². The lowest BCUT2D eigenvalue weighted by molar-refractivity contribution is -0.139. The first-order chi connectivity index (χ1) is 14.5. The van der Waals surface area contributed by atoms with Crippen molar-refractivity contribution in [3.05, 3.63) is 65.7 Å². The van der Waals surface area contributed by atoms with Gasteiger partial charge in [0.15, 0.2) is 11.6 Å². The van der Waals surface area contributed by atoms with Crippen LogP contribution in [0.4, 0.5) is 14.5 Å². The number of carbonyl (C=O) groups excluding carboxylic acids is 2. The molecule has 0 aliphatic rings. The van der Waals surface area contributed by atoms with E-state index in [2.05, 4.69) is 5.32 Å². The average molecular weight is 454 g/mol. The molecule has 2 amide bonds. The van der Waals surface area contributed by atoms with E-state index in [4.69, 9.17) is 0 Å². The molecule has 0 heterocycles. The van der Waals surface area contributed by atoms with E-state index in [1.54, 1.807) is 37.3 Å². The summed E-state index contributed by atoms with van der Waals surface area (Å²) in [5, 5.41) is 2.64. The number of hydrogen-bond acceptors (Lipinski definition) is 4. The fraction of sp³-hybridized carbons (Fsp3) is 0.333. The first-order valence-electron chi connectivity index (χ1n) is 9.58. The molecular weight excluding hydrogens is 428 g/mol. The fourth-order valence-electron chi connectivity index (χ4n) is 2.94. The van der Waals surface area contributed by atoms with Crippen LogP contribution >= 0.6 is 0 Å². The summed E-state index contributed by atoms with van der Waals surface area (Å²) in [4.78, 5) is 26.8. The highest BCUT2D eigenvalue weighted by atomic mass is 32.2. The van der Waals surface area contributed by atoms with Crippen LogP contribution in [0.2, 0.25) is 0 Å². The molecule has 0 aromatic heterocycles. The van der Waals surface area contributed by atoms with Crippen molar-refractivity contribution < 1.29 is 26.8 Å². The fourth-order valence-corrected chi connectivity index (χ4v) is 3.78. The van der Waals surface area contributed by atoms with Gasteiger partial charge in [0.25, 0.3) is 0 Å². The maximum absolute atomic E-state index is 13.7. The minimum absolute atomic E-state index is 0.0629. The summed E-state index contributed by atoms with van der Waals surface area (Å²) in [7, 11) is -4.01. The minimum Gasteiger partial charge on any atom is -0.355 e. The summed E-state index contributed by atoms with van der Waals surface area (Å²) < 4.78 is 52.3. The maximum atomic E-state index is 13.7. The van der Waals surface area contributed by atoms with Gasteiger partial charge >= 0.3 is 0 Å². The van der Waals surface area contributed by atoms with E-state index in [1.807, 2.05) is 0 Å². The Morgan fingerprint density at radius 1 is 1.06 bits per heavy atom. The van der Waals surface area contributed by atoms with Crippen LogP contribution in [-0.4, -0.2) is 50.5 Å². The predicted molar refractivity (Wildman–Crippen MR) is 114 cm³/mol. The van der Waals surface area contributed by atoms with E-state index in [0.717, 1.165) is 24.0 Å². The van der Waals surface area contributed by atoms with Gasteiger partial charge in [-0.3, -0.25) is 13.9 Å². The van der Waals surface area contributed by atoms with Gasteiger partial charge < -0.3 is 10.2 Å². The van der Waals surface area contributed by atoms with Crippen molar-refractivity contribution in [2.45, 2.75) is 26.4 Å². The van der Waals surface area contributed by atoms with Crippen LogP contribution in [-0.2, 0) is 26.2 Å². The smallest absolute Gasteiger partial charge is 0.244 e. The summed E-state index contributed by atoms with van der Waals surface area (Å²) in [6.45, 7) is 3.02. The Hall–Kier alpha value is -3.01. The molecule has 0 bridgehead atoms. The molecule has 1 atom stereocenters. The molecule has 0 aliphatic heterocycles. The molecule has 31 heavy (non-hydrogen) atoms. The molecule has 168 valence electrons. The third-order valence-corrected chi connectivity index (χ3v) is 5.72. The largest absolute Gasteiger partial charge is 0.355 e. The normalized spacial score (nSPS) is 12.2. The monoisotopic (exact) mass is 453 g/mol. The molecule has 0 saturated heterocycles. The van der Waals surface area contributed by atoms with Crippen LogP contribution < -0.4 is 9.62 Å². The van der Waals surface area contributed by atoms with E-state index in [9.17, 15) is 26.8 Å². The molecule has 0 spiro atoms. The number of sulfonamides is 1. The van der Waals surface area contributed by atoms with Crippen molar-refractivity contribution in [1.29, 1.82) is 0 Å². The molecule has 0 aliphatic carbocycles. The van der Waals surface area contributed by atoms with Crippen LogP contribution in [0.15, 0.2) is 48.5 Å². The molecule has 1 unspecified atom stereocenters. The number of amides is 2. The summed E-state index contributed by atoms with van der Waals surface area (Å²) in [6.07, 6.45) is 0.857. The van der Waals surface area contributed by atoms with Crippen LogP contribution in [0.5, 0.6) is 0 Å². The molecular formula is C21H25F2N3O4S. The van der Waals surface area contributed by atoms with Crippen LogP contribution in [0.1, 0.15) is 19.4 Å². The van der Waals surface area contributed by atoms with Crippen molar-refractivity contribution in [1.82, 2.24) is 10.2 Å². The van der Waals surface area contributed by atoms with Crippen LogP contribution in [0, 0.1) is 11.6 Å². The topological polar surface area (TPSA) is 86.8 Å². The van der Waals surface area contributed by atoms with Crippen molar-refractivity contribution in [3.63, 3.8) is 0 Å². The predicted octanol–water partition coefficient (Wildman–Crippen LogP) is 2.28. The number of hydrogen-bond donors (Lipinski definition) is 1. The van der Waals surface area contributed by atoms with Crippen LogP contribution in [0.25, 0.3) is 0 Å². The van der Waals surface area contributed by atoms with Gasteiger partial charge in [0.1, 0.15) is 12.6 Å². The minimum atomic E-state index is -4.01. The van der Waals surface area contributed by atoms with Gasteiger partial charge in [-0.2, -0.15) is 0 Å². The summed E-state index contributed by atoms with van der Waals surface area (Å²) in [5.41, 5.74) is 0.547. The number of halogens is 2. The van der Waals surface area contributed by atoms with Gasteiger partial charge in [-0.1, -0.05) is 30.3 Å². The highest BCUT2D eigenvalue weighted by Gasteiger charge is 2.30. The first kappa shape index (κ1) is 24.3. The zero-order chi connectivity index (χ0) is 23.2. The molecule has 1 N–H and O–H groups in total. The standard InChI is InChI=1S/C21H25F2N3O4S/c1-4-24-21(28)15(2)25(13-16-8-6-5-7-9-16)20(27)14-26(31(3,29)30)17-10-11-18(22)19(23)12-17/h5-12,15H,4,13-14H2,1-3H3,(H,24,28). The number of carbonyl (C=O) groups is 2. The van der Waals surface area contributed by atoms with E-state index < -0.39 is 46.1 Å². The van der Waals surface area contributed by atoms with Gasteiger partial charge in [-0.05, 0) is 31.5 Å². The number of nitrogens with one attached hydrogen (secondary N) is 1. The quantitative estimate of drug-likeness (QED) is 0.631. The summed E-state index contributed by atoms with van der Waals surface area (Å²) in [6, 6.07) is 10.6. The zero-order valence-corrected chi connectivity index (χ0v) is 18.3.